The zero-order valence-corrected chi connectivity index (χ0v) is 11.4. The summed E-state index contributed by atoms with van der Waals surface area (Å²) in [4.78, 5) is 17.5. The highest BCUT2D eigenvalue weighted by Gasteiger charge is 2.15. The van der Waals surface area contributed by atoms with E-state index in [9.17, 15) is 13.2 Å². The number of hydrogen-bond acceptors (Lipinski definition) is 4. The van der Waals surface area contributed by atoms with E-state index in [1.807, 2.05) is 0 Å². The van der Waals surface area contributed by atoms with Crippen LogP contribution in [0, 0.1) is 6.92 Å². The van der Waals surface area contributed by atoms with E-state index in [2.05, 4.69) is 14.7 Å². The first-order valence-corrected chi connectivity index (χ1v) is 7.09. The molecule has 2 aromatic rings. The van der Waals surface area contributed by atoms with Gasteiger partial charge in [-0.3, -0.25) is 9.78 Å². The Morgan fingerprint density at radius 1 is 1.26 bits per heavy atom. The molecular weight excluding hydrogens is 290 g/mol. The SMILES string of the molecule is Cc1cc(=O)[nH]c(NS(=O)(=O)c2ccc(Cl)cc2)n1. The molecule has 0 amide bonds. The Balaban J connectivity index is 2.36. The number of sulfonamides is 1. The molecule has 0 saturated heterocycles. The van der Waals surface area contributed by atoms with Crippen molar-refractivity contribution >= 4 is 27.6 Å². The summed E-state index contributed by atoms with van der Waals surface area (Å²) < 4.78 is 26.2. The number of aromatic amines is 1. The minimum Gasteiger partial charge on any atom is -0.292 e. The topological polar surface area (TPSA) is 91.9 Å². The highest BCUT2D eigenvalue weighted by molar-refractivity contribution is 7.92. The number of nitrogens with zero attached hydrogens (tertiary/aromatic N) is 1. The Morgan fingerprint density at radius 3 is 2.47 bits per heavy atom. The Morgan fingerprint density at radius 2 is 1.89 bits per heavy atom. The lowest BCUT2D eigenvalue weighted by atomic mass is 10.4. The van der Waals surface area contributed by atoms with Crippen molar-refractivity contribution < 1.29 is 8.42 Å². The van der Waals surface area contributed by atoms with Gasteiger partial charge in [0.1, 0.15) is 0 Å². The van der Waals surface area contributed by atoms with Crippen molar-refractivity contribution in [3.63, 3.8) is 0 Å². The third kappa shape index (κ3) is 3.33. The maximum atomic E-state index is 12.0. The second-order valence-corrected chi connectivity index (χ2v) is 5.91. The van der Waals surface area contributed by atoms with Crippen LogP contribution in [-0.2, 0) is 10.0 Å². The second-order valence-electron chi connectivity index (χ2n) is 3.79. The lowest BCUT2D eigenvalue weighted by Crippen LogP contribution is -2.18. The third-order valence-corrected chi connectivity index (χ3v) is 3.83. The number of benzene rings is 1. The van der Waals surface area contributed by atoms with Crippen molar-refractivity contribution in [3.05, 3.63) is 51.4 Å². The van der Waals surface area contributed by atoms with Gasteiger partial charge in [-0.25, -0.2) is 18.1 Å². The summed E-state index contributed by atoms with van der Waals surface area (Å²) in [6.45, 7) is 1.59. The fourth-order valence-corrected chi connectivity index (χ4v) is 2.52. The summed E-state index contributed by atoms with van der Waals surface area (Å²) in [5, 5.41) is 0.432. The first-order valence-electron chi connectivity index (χ1n) is 5.23. The van der Waals surface area contributed by atoms with E-state index in [4.69, 9.17) is 11.6 Å². The van der Waals surface area contributed by atoms with Gasteiger partial charge in [0, 0.05) is 16.8 Å². The highest BCUT2D eigenvalue weighted by Crippen LogP contribution is 2.16. The van der Waals surface area contributed by atoms with Gasteiger partial charge in [-0.2, -0.15) is 0 Å². The maximum Gasteiger partial charge on any atom is 0.264 e. The van der Waals surface area contributed by atoms with E-state index in [0.29, 0.717) is 10.7 Å². The predicted octanol–water partition coefficient (Wildman–Crippen LogP) is 1.53. The molecule has 8 heteroatoms. The molecular formula is C11H10ClN3O3S. The number of rotatable bonds is 3. The molecule has 0 aliphatic carbocycles. The number of H-pyrrole nitrogens is 1. The van der Waals surface area contributed by atoms with E-state index in [1.54, 1.807) is 6.92 Å². The smallest absolute Gasteiger partial charge is 0.264 e. The fourth-order valence-electron chi connectivity index (χ4n) is 1.43. The van der Waals surface area contributed by atoms with Crippen LogP contribution in [0.5, 0.6) is 0 Å². The molecule has 0 unspecified atom stereocenters. The van der Waals surface area contributed by atoms with Crippen molar-refractivity contribution in [2.45, 2.75) is 11.8 Å². The molecule has 19 heavy (non-hydrogen) atoms. The molecule has 0 atom stereocenters. The molecule has 0 radical (unpaired) electrons. The van der Waals surface area contributed by atoms with Crippen LogP contribution in [0.1, 0.15) is 5.69 Å². The van der Waals surface area contributed by atoms with Crippen molar-refractivity contribution in [2.75, 3.05) is 4.72 Å². The van der Waals surface area contributed by atoms with Gasteiger partial charge in [0.25, 0.3) is 15.6 Å². The summed E-state index contributed by atoms with van der Waals surface area (Å²) >= 11 is 5.69. The molecule has 1 heterocycles. The fraction of sp³-hybridized carbons (Fsp3) is 0.0909. The van der Waals surface area contributed by atoms with Crippen molar-refractivity contribution in [1.82, 2.24) is 9.97 Å². The van der Waals surface area contributed by atoms with Crippen LogP contribution >= 0.6 is 11.6 Å². The molecule has 0 aliphatic rings. The van der Waals surface area contributed by atoms with Gasteiger partial charge >= 0.3 is 0 Å². The quantitative estimate of drug-likeness (QED) is 0.899. The molecule has 100 valence electrons. The molecule has 0 aliphatic heterocycles. The molecule has 1 aromatic carbocycles. The Hall–Kier alpha value is -1.86. The zero-order chi connectivity index (χ0) is 14.0. The standard InChI is InChI=1S/C11H10ClN3O3S/c1-7-6-10(16)14-11(13-7)15-19(17,18)9-4-2-8(12)3-5-9/h2-6H,1H3,(H2,13,14,15,16). The molecule has 0 spiro atoms. The Labute approximate surface area is 114 Å². The van der Waals surface area contributed by atoms with Crippen molar-refractivity contribution in [3.8, 4) is 0 Å². The molecule has 1 aromatic heterocycles. The average Bonchev–Trinajstić information content (AvgIpc) is 2.27. The van der Waals surface area contributed by atoms with Gasteiger partial charge in [0.15, 0.2) is 0 Å². The monoisotopic (exact) mass is 299 g/mol. The average molecular weight is 300 g/mol. The summed E-state index contributed by atoms with van der Waals surface area (Å²) in [5.41, 5.74) is -0.0149. The molecule has 2 N–H and O–H groups in total. The van der Waals surface area contributed by atoms with Crippen molar-refractivity contribution in [1.29, 1.82) is 0 Å². The minimum absolute atomic E-state index is 0.0288. The van der Waals surface area contributed by atoms with Gasteiger partial charge in [-0.15, -0.1) is 0 Å². The Bertz CT molecular complexity index is 754. The van der Waals surface area contributed by atoms with Gasteiger partial charge in [-0.05, 0) is 31.2 Å². The second kappa shape index (κ2) is 5.02. The molecule has 6 nitrogen and oxygen atoms in total. The lowest BCUT2D eigenvalue weighted by molar-refractivity contribution is 0.601. The molecule has 0 fully saturated rings. The van der Waals surface area contributed by atoms with Crippen LogP contribution in [-0.4, -0.2) is 18.4 Å². The largest absolute Gasteiger partial charge is 0.292 e. The minimum atomic E-state index is -3.80. The highest BCUT2D eigenvalue weighted by atomic mass is 35.5. The van der Waals surface area contributed by atoms with E-state index in [1.165, 1.54) is 30.3 Å². The molecule has 0 saturated carbocycles. The number of aromatic nitrogens is 2. The van der Waals surface area contributed by atoms with Crippen LogP contribution < -0.4 is 10.3 Å². The number of halogens is 1. The van der Waals surface area contributed by atoms with Gasteiger partial charge < -0.3 is 0 Å². The first kappa shape index (κ1) is 13.6. The number of nitrogens with one attached hydrogen (secondary N) is 2. The number of aryl methyl sites for hydroxylation is 1. The van der Waals surface area contributed by atoms with E-state index >= 15 is 0 Å². The summed E-state index contributed by atoms with van der Waals surface area (Å²) in [5.74, 6) is -0.125. The maximum absolute atomic E-state index is 12.0. The van der Waals surface area contributed by atoms with Crippen molar-refractivity contribution in [2.24, 2.45) is 0 Å². The van der Waals surface area contributed by atoms with Crippen LogP contribution in [0.25, 0.3) is 0 Å². The van der Waals surface area contributed by atoms with Crippen LogP contribution in [0.4, 0.5) is 5.95 Å². The van der Waals surface area contributed by atoms with E-state index in [0.717, 1.165) is 0 Å². The van der Waals surface area contributed by atoms with Crippen LogP contribution in [0.3, 0.4) is 0 Å². The third-order valence-electron chi connectivity index (χ3n) is 2.22. The van der Waals surface area contributed by atoms with Gasteiger partial charge in [-0.1, -0.05) is 11.6 Å². The van der Waals surface area contributed by atoms with E-state index in [-0.39, 0.29) is 10.8 Å². The van der Waals surface area contributed by atoms with Crippen LogP contribution in [0.2, 0.25) is 5.02 Å². The zero-order valence-electron chi connectivity index (χ0n) is 9.84. The van der Waals surface area contributed by atoms with Gasteiger partial charge in [0.2, 0.25) is 5.95 Å². The predicted molar refractivity (Wildman–Crippen MR) is 71.9 cm³/mol. The van der Waals surface area contributed by atoms with E-state index < -0.39 is 15.6 Å². The lowest BCUT2D eigenvalue weighted by Gasteiger charge is -2.07. The summed E-state index contributed by atoms with van der Waals surface area (Å²) in [7, 11) is -3.80. The number of hydrogen-bond donors (Lipinski definition) is 2. The normalized spacial score (nSPS) is 11.3. The summed E-state index contributed by atoms with van der Waals surface area (Å²) in [6.07, 6.45) is 0. The number of anilines is 1. The van der Waals surface area contributed by atoms with Crippen LogP contribution in [0.15, 0.2) is 40.0 Å². The van der Waals surface area contributed by atoms with Gasteiger partial charge in [0.05, 0.1) is 4.90 Å². The first-order chi connectivity index (χ1) is 8.87. The summed E-state index contributed by atoms with van der Waals surface area (Å²) in [6, 6.07) is 6.91. The molecule has 2 rings (SSSR count). The molecule has 0 bridgehead atoms. The Kier molecular flexibility index (Phi) is 3.59.